The molecule has 0 fully saturated rings. The van der Waals surface area contributed by atoms with Gasteiger partial charge in [-0.1, -0.05) is 24.3 Å². The number of nitrogens with one attached hydrogen (secondary N) is 2. The minimum absolute atomic E-state index is 0.170. The van der Waals surface area contributed by atoms with Crippen molar-refractivity contribution in [1.82, 2.24) is 15.1 Å². The highest BCUT2D eigenvalue weighted by Crippen LogP contribution is 2.17. The average Bonchev–Trinajstić information content (AvgIpc) is 2.72. The molecule has 0 saturated heterocycles. The first kappa shape index (κ1) is 19.4. The van der Waals surface area contributed by atoms with Crippen molar-refractivity contribution < 1.29 is 14.3 Å². The van der Waals surface area contributed by atoms with Crippen molar-refractivity contribution in [3.05, 3.63) is 64.6 Å². The van der Waals surface area contributed by atoms with Crippen molar-refractivity contribution in [2.45, 2.75) is 13.1 Å². The fourth-order valence-corrected chi connectivity index (χ4v) is 2.81. The van der Waals surface area contributed by atoms with Crippen molar-refractivity contribution in [3.8, 4) is 5.75 Å². The van der Waals surface area contributed by atoms with Gasteiger partial charge in [0.05, 0.1) is 37.9 Å². The zero-order valence-electron chi connectivity index (χ0n) is 15.8. The van der Waals surface area contributed by atoms with Crippen LogP contribution in [0.4, 0.5) is 10.5 Å². The standard InChI is InChI=1S/C20H22N4O4/c1-27-11-10-24-19(25)17-9-4-3-8-16(17)18(23-24)13-21-20(26)22-14-6-5-7-15(12-14)28-2/h3-9,12H,10-11,13H2,1-2H3,(H2,21,22,26). The van der Waals surface area contributed by atoms with Crippen molar-refractivity contribution in [2.75, 3.05) is 26.1 Å². The molecule has 1 heterocycles. The largest absolute Gasteiger partial charge is 0.497 e. The van der Waals surface area contributed by atoms with Crippen LogP contribution in [0.5, 0.6) is 5.75 Å². The number of anilines is 1. The maximum Gasteiger partial charge on any atom is 0.319 e. The highest BCUT2D eigenvalue weighted by atomic mass is 16.5. The van der Waals surface area contributed by atoms with Gasteiger partial charge < -0.3 is 20.1 Å². The number of amides is 2. The highest BCUT2D eigenvalue weighted by Gasteiger charge is 2.11. The van der Waals surface area contributed by atoms with E-state index in [0.717, 1.165) is 0 Å². The number of carbonyl (C=O) groups excluding carboxylic acids is 1. The molecule has 28 heavy (non-hydrogen) atoms. The van der Waals surface area contributed by atoms with Crippen LogP contribution in [0.1, 0.15) is 5.69 Å². The molecule has 3 aromatic rings. The minimum Gasteiger partial charge on any atom is -0.497 e. The fourth-order valence-electron chi connectivity index (χ4n) is 2.81. The predicted molar refractivity (Wildman–Crippen MR) is 107 cm³/mol. The van der Waals surface area contributed by atoms with Crippen LogP contribution in [0, 0.1) is 0 Å². The van der Waals surface area contributed by atoms with E-state index < -0.39 is 0 Å². The third-order valence-electron chi connectivity index (χ3n) is 4.20. The molecule has 8 heteroatoms. The van der Waals surface area contributed by atoms with Crippen LogP contribution >= 0.6 is 0 Å². The van der Waals surface area contributed by atoms with Crippen LogP contribution < -0.4 is 20.9 Å². The molecule has 8 nitrogen and oxygen atoms in total. The molecule has 0 atom stereocenters. The Balaban J connectivity index is 1.78. The number of hydrogen-bond acceptors (Lipinski definition) is 5. The zero-order valence-corrected chi connectivity index (χ0v) is 15.8. The van der Waals surface area contributed by atoms with Crippen LogP contribution in [-0.4, -0.2) is 36.6 Å². The summed E-state index contributed by atoms with van der Waals surface area (Å²) in [7, 11) is 3.13. The SMILES string of the molecule is COCCn1nc(CNC(=O)Nc2cccc(OC)c2)c2ccccc2c1=O. The Morgan fingerprint density at radius 3 is 2.64 bits per heavy atom. The van der Waals surface area contributed by atoms with E-state index in [2.05, 4.69) is 15.7 Å². The molecule has 2 amide bonds. The lowest BCUT2D eigenvalue weighted by Crippen LogP contribution is -2.31. The minimum atomic E-state index is -0.381. The van der Waals surface area contributed by atoms with Gasteiger partial charge in [-0.05, 0) is 18.2 Å². The van der Waals surface area contributed by atoms with E-state index in [0.29, 0.717) is 41.1 Å². The van der Waals surface area contributed by atoms with E-state index in [1.165, 1.54) is 4.68 Å². The van der Waals surface area contributed by atoms with Gasteiger partial charge in [0.25, 0.3) is 5.56 Å². The van der Waals surface area contributed by atoms with Crippen LogP contribution in [-0.2, 0) is 17.8 Å². The summed E-state index contributed by atoms with van der Waals surface area (Å²) < 4.78 is 11.6. The Morgan fingerprint density at radius 1 is 1.11 bits per heavy atom. The fraction of sp³-hybridized carbons (Fsp3) is 0.250. The molecular weight excluding hydrogens is 360 g/mol. The number of ether oxygens (including phenoxy) is 2. The Labute approximate surface area is 162 Å². The summed E-state index contributed by atoms with van der Waals surface area (Å²) >= 11 is 0. The number of fused-ring (bicyclic) bond motifs is 1. The van der Waals surface area contributed by atoms with Gasteiger partial charge in [-0.25, -0.2) is 9.48 Å². The molecule has 0 spiro atoms. The third kappa shape index (κ3) is 4.47. The van der Waals surface area contributed by atoms with E-state index in [-0.39, 0.29) is 18.1 Å². The lowest BCUT2D eigenvalue weighted by atomic mass is 10.1. The molecule has 3 rings (SSSR count). The third-order valence-corrected chi connectivity index (χ3v) is 4.20. The molecule has 2 N–H and O–H groups in total. The topological polar surface area (TPSA) is 94.5 Å². The maximum atomic E-state index is 12.6. The number of methoxy groups -OCH3 is 2. The molecule has 0 aliphatic carbocycles. The first-order chi connectivity index (χ1) is 13.6. The quantitative estimate of drug-likeness (QED) is 0.654. The summed E-state index contributed by atoms with van der Waals surface area (Å²) in [4.78, 5) is 24.8. The zero-order chi connectivity index (χ0) is 19.9. The van der Waals surface area contributed by atoms with Gasteiger partial charge in [0.15, 0.2) is 0 Å². The van der Waals surface area contributed by atoms with Gasteiger partial charge in [0.2, 0.25) is 0 Å². The van der Waals surface area contributed by atoms with E-state index in [4.69, 9.17) is 9.47 Å². The molecule has 1 aromatic heterocycles. The number of nitrogens with zero attached hydrogens (tertiary/aromatic N) is 2. The summed E-state index contributed by atoms with van der Waals surface area (Å²) in [5.74, 6) is 0.649. The van der Waals surface area contributed by atoms with Gasteiger partial charge in [-0.2, -0.15) is 5.10 Å². The van der Waals surface area contributed by atoms with Gasteiger partial charge in [0, 0.05) is 24.2 Å². The number of carbonyl (C=O) groups is 1. The Bertz CT molecular complexity index is 1030. The van der Waals surface area contributed by atoms with Crippen molar-refractivity contribution in [1.29, 1.82) is 0 Å². The van der Waals surface area contributed by atoms with Crippen LogP contribution in [0.3, 0.4) is 0 Å². The number of rotatable bonds is 7. The maximum absolute atomic E-state index is 12.6. The molecule has 0 aliphatic heterocycles. The smallest absolute Gasteiger partial charge is 0.319 e. The first-order valence-corrected chi connectivity index (χ1v) is 8.79. The summed E-state index contributed by atoms with van der Waals surface area (Å²) in [5.41, 5.74) is 1.03. The second-order valence-corrected chi connectivity index (χ2v) is 6.05. The second-order valence-electron chi connectivity index (χ2n) is 6.05. The van der Waals surface area contributed by atoms with E-state index in [1.54, 1.807) is 50.6 Å². The molecule has 0 aliphatic rings. The highest BCUT2D eigenvalue weighted by molar-refractivity contribution is 5.90. The number of aromatic nitrogens is 2. The number of hydrogen-bond donors (Lipinski definition) is 2. The van der Waals surface area contributed by atoms with Crippen LogP contribution in [0.25, 0.3) is 10.8 Å². The Morgan fingerprint density at radius 2 is 1.89 bits per heavy atom. The molecule has 2 aromatic carbocycles. The predicted octanol–water partition coefficient (Wildman–Crippen LogP) is 2.37. The number of benzene rings is 2. The molecular formula is C20H22N4O4. The summed E-state index contributed by atoms with van der Waals surface area (Å²) in [6.45, 7) is 0.876. The van der Waals surface area contributed by atoms with Gasteiger partial charge in [-0.3, -0.25) is 4.79 Å². The van der Waals surface area contributed by atoms with Crippen molar-refractivity contribution >= 4 is 22.5 Å². The summed E-state index contributed by atoms with van der Waals surface area (Å²) in [6.07, 6.45) is 0. The second kappa shape index (κ2) is 9.01. The van der Waals surface area contributed by atoms with Crippen molar-refractivity contribution in [3.63, 3.8) is 0 Å². The Kier molecular flexibility index (Phi) is 6.23. The van der Waals surface area contributed by atoms with E-state index >= 15 is 0 Å². The first-order valence-electron chi connectivity index (χ1n) is 8.79. The van der Waals surface area contributed by atoms with E-state index in [1.807, 2.05) is 12.1 Å². The summed E-state index contributed by atoms with van der Waals surface area (Å²) in [6, 6.07) is 13.9. The normalized spacial score (nSPS) is 10.6. The molecule has 0 radical (unpaired) electrons. The van der Waals surface area contributed by atoms with Crippen molar-refractivity contribution in [2.24, 2.45) is 0 Å². The van der Waals surface area contributed by atoms with Gasteiger partial charge in [0.1, 0.15) is 5.75 Å². The lowest BCUT2D eigenvalue weighted by Gasteiger charge is -2.12. The van der Waals surface area contributed by atoms with Gasteiger partial charge in [-0.15, -0.1) is 0 Å². The monoisotopic (exact) mass is 382 g/mol. The van der Waals surface area contributed by atoms with Crippen LogP contribution in [0.2, 0.25) is 0 Å². The molecule has 0 unspecified atom stereocenters. The Hall–Kier alpha value is -3.39. The van der Waals surface area contributed by atoms with E-state index in [9.17, 15) is 9.59 Å². The molecule has 0 bridgehead atoms. The summed E-state index contributed by atoms with van der Waals surface area (Å²) in [5, 5.41) is 11.2. The molecule has 0 saturated carbocycles. The van der Waals surface area contributed by atoms with Gasteiger partial charge >= 0.3 is 6.03 Å². The lowest BCUT2D eigenvalue weighted by molar-refractivity contribution is 0.181. The average molecular weight is 382 g/mol. The number of urea groups is 1. The molecule has 146 valence electrons. The van der Waals surface area contributed by atoms with Crippen LogP contribution in [0.15, 0.2) is 53.3 Å².